The Labute approximate surface area is 134 Å². The van der Waals surface area contributed by atoms with Crippen molar-refractivity contribution in [2.45, 2.75) is 43.1 Å². The lowest BCUT2D eigenvalue weighted by Gasteiger charge is -2.35. The van der Waals surface area contributed by atoms with Gasteiger partial charge in [0.2, 0.25) is 10.0 Å². The number of nitrogens with one attached hydrogen (secondary N) is 1. The maximum atomic E-state index is 12.4. The van der Waals surface area contributed by atoms with Crippen LogP contribution in [-0.2, 0) is 10.0 Å². The van der Waals surface area contributed by atoms with Crippen LogP contribution in [0, 0.1) is 5.92 Å². The normalized spacial score (nSPS) is 26.7. The minimum atomic E-state index is -3.71. The third-order valence-electron chi connectivity index (χ3n) is 3.90. The van der Waals surface area contributed by atoms with E-state index in [1.54, 1.807) is 12.1 Å². The van der Waals surface area contributed by atoms with E-state index in [1.165, 1.54) is 6.07 Å². The summed E-state index contributed by atoms with van der Waals surface area (Å²) in [6.07, 6.45) is 3.24. The molecule has 1 aromatic carbocycles. The third kappa shape index (κ3) is 4.18. The van der Waals surface area contributed by atoms with Crippen LogP contribution >= 0.6 is 15.9 Å². The van der Waals surface area contributed by atoms with Gasteiger partial charge in [-0.1, -0.05) is 19.8 Å². The summed E-state index contributed by atoms with van der Waals surface area (Å²) >= 11 is 3.22. The van der Waals surface area contributed by atoms with Crippen molar-refractivity contribution in [3.05, 3.63) is 22.7 Å². The quantitative estimate of drug-likeness (QED) is 0.702. The summed E-state index contributed by atoms with van der Waals surface area (Å²) in [7, 11) is -3.71. The first-order valence-electron chi connectivity index (χ1n) is 6.99. The second-order valence-electron chi connectivity index (χ2n) is 5.94. The molecule has 0 aromatic heterocycles. The Morgan fingerprint density at radius 3 is 2.90 bits per heavy atom. The topological polar surface area (TPSA) is 92.4 Å². The van der Waals surface area contributed by atoms with Gasteiger partial charge in [-0.15, -0.1) is 0 Å². The lowest BCUT2D eigenvalue weighted by molar-refractivity contribution is -0.00751. The molecule has 7 heteroatoms. The number of anilines is 1. The standard InChI is InChI=1S/C14H21BrN2O3S/c1-10-3-2-6-14(18,8-10)9-17-21(19,20)13-7-11(16)4-5-12(13)15/h4-5,7,10,17-18H,2-3,6,8-9,16H2,1H3. The molecular formula is C14H21BrN2O3S. The first-order chi connectivity index (χ1) is 9.72. The van der Waals surface area contributed by atoms with Gasteiger partial charge in [-0.2, -0.15) is 0 Å². The monoisotopic (exact) mass is 376 g/mol. The van der Waals surface area contributed by atoms with Gasteiger partial charge in [-0.25, -0.2) is 13.1 Å². The Morgan fingerprint density at radius 1 is 1.52 bits per heavy atom. The van der Waals surface area contributed by atoms with Crippen molar-refractivity contribution in [1.29, 1.82) is 0 Å². The van der Waals surface area contributed by atoms with Crippen LogP contribution in [0.5, 0.6) is 0 Å². The molecule has 0 heterocycles. The SMILES string of the molecule is CC1CCCC(O)(CNS(=O)(=O)c2cc(N)ccc2Br)C1. The second-order valence-corrected chi connectivity index (χ2v) is 8.53. The van der Waals surface area contributed by atoms with Gasteiger partial charge < -0.3 is 10.8 Å². The fourth-order valence-corrected chi connectivity index (χ4v) is 4.94. The van der Waals surface area contributed by atoms with Gasteiger partial charge in [-0.3, -0.25) is 0 Å². The predicted molar refractivity (Wildman–Crippen MR) is 86.3 cm³/mol. The zero-order chi connectivity index (χ0) is 15.7. The number of sulfonamides is 1. The molecule has 0 aliphatic heterocycles. The highest BCUT2D eigenvalue weighted by Gasteiger charge is 2.34. The molecule has 21 heavy (non-hydrogen) atoms. The molecule has 2 rings (SSSR count). The van der Waals surface area contributed by atoms with Gasteiger partial charge >= 0.3 is 0 Å². The lowest BCUT2D eigenvalue weighted by atomic mass is 9.79. The van der Waals surface area contributed by atoms with Crippen molar-refractivity contribution in [3.63, 3.8) is 0 Å². The molecule has 0 saturated heterocycles. The predicted octanol–water partition coefficient (Wildman–Crippen LogP) is 2.25. The summed E-state index contributed by atoms with van der Waals surface area (Å²) in [5.74, 6) is 0.410. The summed E-state index contributed by atoms with van der Waals surface area (Å²) in [5, 5.41) is 10.5. The third-order valence-corrected chi connectivity index (χ3v) is 6.30. The second kappa shape index (κ2) is 6.24. The highest BCUT2D eigenvalue weighted by Crippen LogP contribution is 2.32. The van der Waals surface area contributed by atoms with E-state index in [0.29, 0.717) is 28.9 Å². The van der Waals surface area contributed by atoms with Gasteiger partial charge in [0.25, 0.3) is 0 Å². The van der Waals surface area contributed by atoms with Crippen LogP contribution in [0.2, 0.25) is 0 Å². The first-order valence-corrected chi connectivity index (χ1v) is 9.27. The fourth-order valence-electron chi connectivity index (χ4n) is 2.83. The van der Waals surface area contributed by atoms with E-state index in [1.807, 2.05) is 0 Å². The zero-order valence-electron chi connectivity index (χ0n) is 12.0. The average Bonchev–Trinajstić information content (AvgIpc) is 2.39. The summed E-state index contributed by atoms with van der Waals surface area (Å²) in [5.41, 5.74) is 5.06. The van der Waals surface area contributed by atoms with Crippen molar-refractivity contribution in [1.82, 2.24) is 4.72 Å². The summed E-state index contributed by atoms with van der Waals surface area (Å²) in [6, 6.07) is 4.63. The van der Waals surface area contributed by atoms with E-state index in [9.17, 15) is 13.5 Å². The molecule has 118 valence electrons. The van der Waals surface area contributed by atoms with Crippen LogP contribution in [-0.4, -0.2) is 25.7 Å². The Kier molecular flexibility index (Phi) is 4.97. The van der Waals surface area contributed by atoms with Crippen molar-refractivity contribution >= 4 is 31.6 Å². The van der Waals surface area contributed by atoms with Gasteiger partial charge in [0.05, 0.1) is 10.5 Å². The van der Waals surface area contributed by atoms with E-state index in [-0.39, 0.29) is 11.4 Å². The molecule has 4 N–H and O–H groups in total. The molecule has 1 aliphatic rings. The Balaban J connectivity index is 2.13. The molecule has 0 spiro atoms. The molecule has 0 radical (unpaired) electrons. The fraction of sp³-hybridized carbons (Fsp3) is 0.571. The Hall–Kier alpha value is -0.630. The first kappa shape index (κ1) is 16.7. The van der Waals surface area contributed by atoms with E-state index in [2.05, 4.69) is 27.6 Å². The summed E-state index contributed by atoms with van der Waals surface area (Å²) < 4.78 is 27.7. The average molecular weight is 377 g/mol. The zero-order valence-corrected chi connectivity index (χ0v) is 14.4. The number of hydrogen-bond donors (Lipinski definition) is 3. The van der Waals surface area contributed by atoms with Crippen LogP contribution < -0.4 is 10.5 Å². The number of aliphatic hydroxyl groups is 1. The van der Waals surface area contributed by atoms with E-state index < -0.39 is 15.6 Å². The number of nitrogen functional groups attached to an aromatic ring is 1. The largest absolute Gasteiger partial charge is 0.399 e. The molecule has 1 saturated carbocycles. The minimum absolute atomic E-state index is 0.0287. The molecule has 1 aliphatic carbocycles. The number of nitrogens with two attached hydrogens (primary N) is 1. The molecule has 0 amide bonds. The van der Waals surface area contributed by atoms with Crippen molar-refractivity contribution in [2.24, 2.45) is 5.92 Å². The highest BCUT2D eigenvalue weighted by atomic mass is 79.9. The van der Waals surface area contributed by atoms with Crippen molar-refractivity contribution in [2.75, 3.05) is 12.3 Å². The van der Waals surface area contributed by atoms with Crippen LogP contribution in [0.4, 0.5) is 5.69 Å². The van der Waals surface area contributed by atoms with Gasteiger partial charge in [0.1, 0.15) is 0 Å². The maximum absolute atomic E-state index is 12.4. The van der Waals surface area contributed by atoms with Crippen molar-refractivity contribution in [3.8, 4) is 0 Å². The molecule has 5 nitrogen and oxygen atoms in total. The molecule has 1 fully saturated rings. The number of rotatable bonds is 4. The van der Waals surface area contributed by atoms with Crippen molar-refractivity contribution < 1.29 is 13.5 Å². The van der Waals surface area contributed by atoms with Crippen LogP contribution in [0.1, 0.15) is 32.6 Å². The minimum Gasteiger partial charge on any atom is -0.399 e. The molecule has 0 bridgehead atoms. The summed E-state index contributed by atoms with van der Waals surface area (Å²) in [4.78, 5) is 0.0926. The molecule has 1 aromatic rings. The van der Waals surface area contributed by atoms with Crippen LogP contribution in [0.25, 0.3) is 0 Å². The van der Waals surface area contributed by atoms with Crippen LogP contribution in [0.3, 0.4) is 0 Å². The van der Waals surface area contributed by atoms with E-state index in [4.69, 9.17) is 5.73 Å². The van der Waals surface area contributed by atoms with E-state index in [0.717, 1.165) is 12.8 Å². The van der Waals surface area contributed by atoms with Gasteiger partial charge in [-0.05, 0) is 52.9 Å². The number of halogens is 1. The molecule has 2 atom stereocenters. The molecule has 2 unspecified atom stereocenters. The Morgan fingerprint density at radius 2 is 2.24 bits per heavy atom. The molecular weight excluding hydrogens is 356 g/mol. The van der Waals surface area contributed by atoms with E-state index >= 15 is 0 Å². The Bertz CT molecular complexity index is 621. The lowest BCUT2D eigenvalue weighted by Crippen LogP contribution is -2.45. The number of hydrogen-bond acceptors (Lipinski definition) is 4. The highest BCUT2D eigenvalue weighted by molar-refractivity contribution is 9.10. The maximum Gasteiger partial charge on any atom is 0.241 e. The van der Waals surface area contributed by atoms with Gasteiger partial charge in [0.15, 0.2) is 0 Å². The smallest absolute Gasteiger partial charge is 0.241 e. The number of benzene rings is 1. The summed E-state index contributed by atoms with van der Waals surface area (Å²) in [6.45, 7) is 2.11. The van der Waals surface area contributed by atoms with Gasteiger partial charge in [0, 0.05) is 16.7 Å². The van der Waals surface area contributed by atoms with Crippen LogP contribution in [0.15, 0.2) is 27.6 Å².